The molecular formula is C12H15FN4OS. The summed E-state index contributed by atoms with van der Waals surface area (Å²) in [6.45, 7) is 4.03. The predicted octanol–water partition coefficient (Wildman–Crippen LogP) is 1.90. The number of nitrogens with two attached hydrogens (primary N) is 1. The summed E-state index contributed by atoms with van der Waals surface area (Å²) < 4.78 is 15.3. The second-order valence-corrected chi connectivity index (χ2v) is 5.36. The lowest BCUT2D eigenvalue weighted by molar-refractivity contribution is 0.533. The summed E-state index contributed by atoms with van der Waals surface area (Å²) in [6.07, 6.45) is 0. The van der Waals surface area contributed by atoms with Crippen LogP contribution in [0.3, 0.4) is 0 Å². The molecule has 7 heteroatoms. The van der Waals surface area contributed by atoms with Crippen LogP contribution < -0.4 is 11.4 Å². The molecule has 3 N–H and O–H groups in total. The molecule has 0 aliphatic carbocycles. The fourth-order valence-corrected chi connectivity index (χ4v) is 2.64. The van der Waals surface area contributed by atoms with E-state index in [2.05, 4.69) is 10.2 Å². The van der Waals surface area contributed by atoms with Gasteiger partial charge < -0.3 is 5.73 Å². The fourth-order valence-electron chi connectivity index (χ4n) is 1.67. The molecule has 1 heterocycles. The summed E-state index contributed by atoms with van der Waals surface area (Å²) in [5, 5.41) is 6.73. The molecule has 0 atom stereocenters. The van der Waals surface area contributed by atoms with Gasteiger partial charge in [-0.05, 0) is 43.3 Å². The third kappa shape index (κ3) is 2.87. The van der Waals surface area contributed by atoms with Crippen LogP contribution in [0.4, 0.5) is 4.39 Å². The van der Waals surface area contributed by atoms with E-state index in [-0.39, 0.29) is 17.5 Å². The van der Waals surface area contributed by atoms with Crippen molar-refractivity contribution in [2.45, 2.75) is 36.5 Å². The Morgan fingerprint density at radius 1 is 1.53 bits per heavy atom. The lowest BCUT2D eigenvalue weighted by Gasteiger charge is -2.09. The van der Waals surface area contributed by atoms with E-state index < -0.39 is 0 Å². The normalized spacial score (nSPS) is 11.2. The first kappa shape index (κ1) is 13.8. The molecule has 1 aromatic carbocycles. The van der Waals surface area contributed by atoms with E-state index >= 15 is 0 Å². The summed E-state index contributed by atoms with van der Waals surface area (Å²) >= 11 is 1.11. The van der Waals surface area contributed by atoms with Crippen molar-refractivity contribution in [2.75, 3.05) is 0 Å². The second-order valence-electron chi connectivity index (χ2n) is 4.35. The molecule has 0 radical (unpaired) electrons. The minimum absolute atomic E-state index is 0.0415. The number of rotatable bonds is 4. The van der Waals surface area contributed by atoms with Gasteiger partial charge in [0.05, 0.1) is 4.90 Å². The van der Waals surface area contributed by atoms with Gasteiger partial charge in [0.1, 0.15) is 5.82 Å². The van der Waals surface area contributed by atoms with Crippen LogP contribution in [0.2, 0.25) is 0 Å². The maximum Gasteiger partial charge on any atom is 0.344 e. The minimum atomic E-state index is -0.362. The van der Waals surface area contributed by atoms with E-state index in [0.29, 0.717) is 16.6 Å². The summed E-state index contributed by atoms with van der Waals surface area (Å²) in [5.74, 6) is -0.362. The molecule has 0 saturated carbocycles. The molecule has 0 aliphatic heterocycles. The second kappa shape index (κ2) is 5.58. The van der Waals surface area contributed by atoms with Gasteiger partial charge >= 0.3 is 5.69 Å². The molecule has 2 aromatic rings. The molecule has 0 amide bonds. The number of aromatic nitrogens is 3. The van der Waals surface area contributed by atoms with Gasteiger partial charge in [-0.15, -0.1) is 5.10 Å². The zero-order valence-electron chi connectivity index (χ0n) is 10.7. The molecule has 5 nitrogen and oxygen atoms in total. The van der Waals surface area contributed by atoms with Crippen molar-refractivity contribution < 1.29 is 4.39 Å². The highest BCUT2D eigenvalue weighted by Crippen LogP contribution is 2.29. The standard InChI is InChI=1S/C12H15FN4OS/c1-7(2)17-11(18)15-16-12(17)19-10-4-3-8(6-14)5-9(10)13/h3-5,7H,6,14H2,1-2H3,(H,15,18). The van der Waals surface area contributed by atoms with Gasteiger partial charge in [-0.25, -0.2) is 14.3 Å². The Balaban J connectivity index is 2.34. The molecule has 2 rings (SSSR count). The topological polar surface area (TPSA) is 76.7 Å². The molecule has 1 aromatic heterocycles. The lowest BCUT2D eigenvalue weighted by atomic mass is 10.2. The van der Waals surface area contributed by atoms with Crippen molar-refractivity contribution in [3.8, 4) is 0 Å². The Hall–Kier alpha value is -1.60. The number of aromatic amines is 1. The zero-order chi connectivity index (χ0) is 14.0. The molecule has 0 aliphatic rings. The van der Waals surface area contributed by atoms with Crippen molar-refractivity contribution in [2.24, 2.45) is 5.73 Å². The third-order valence-corrected chi connectivity index (χ3v) is 3.64. The van der Waals surface area contributed by atoms with Gasteiger partial charge in [0.15, 0.2) is 5.16 Å². The van der Waals surface area contributed by atoms with Gasteiger partial charge in [-0.2, -0.15) is 0 Å². The highest BCUT2D eigenvalue weighted by atomic mass is 32.2. The van der Waals surface area contributed by atoms with E-state index in [4.69, 9.17) is 5.73 Å². The van der Waals surface area contributed by atoms with Crippen LogP contribution in [-0.4, -0.2) is 14.8 Å². The third-order valence-electron chi connectivity index (χ3n) is 2.62. The first-order valence-corrected chi connectivity index (χ1v) is 6.68. The van der Waals surface area contributed by atoms with Crippen molar-refractivity contribution in [3.05, 3.63) is 40.1 Å². The smallest absolute Gasteiger partial charge is 0.326 e. The van der Waals surface area contributed by atoms with Crippen LogP contribution in [-0.2, 0) is 6.54 Å². The van der Waals surface area contributed by atoms with E-state index in [1.165, 1.54) is 10.6 Å². The van der Waals surface area contributed by atoms with E-state index in [1.54, 1.807) is 12.1 Å². The van der Waals surface area contributed by atoms with Crippen LogP contribution in [0, 0.1) is 5.82 Å². The van der Waals surface area contributed by atoms with Crippen molar-refractivity contribution in [3.63, 3.8) is 0 Å². The summed E-state index contributed by atoms with van der Waals surface area (Å²) in [6, 6.07) is 4.76. The predicted molar refractivity (Wildman–Crippen MR) is 71.6 cm³/mol. The first-order chi connectivity index (χ1) is 9.02. The van der Waals surface area contributed by atoms with Crippen LogP contribution in [0.15, 0.2) is 33.0 Å². The monoisotopic (exact) mass is 282 g/mol. The largest absolute Gasteiger partial charge is 0.344 e. The Kier molecular flexibility index (Phi) is 4.06. The fraction of sp³-hybridized carbons (Fsp3) is 0.333. The van der Waals surface area contributed by atoms with Crippen molar-refractivity contribution in [1.82, 2.24) is 14.8 Å². The highest BCUT2D eigenvalue weighted by molar-refractivity contribution is 7.99. The quantitative estimate of drug-likeness (QED) is 0.898. The van der Waals surface area contributed by atoms with Gasteiger partial charge in [-0.1, -0.05) is 6.07 Å². The molecular weight excluding hydrogens is 267 g/mol. The van der Waals surface area contributed by atoms with Crippen molar-refractivity contribution in [1.29, 1.82) is 0 Å². The summed E-state index contributed by atoms with van der Waals surface area (Å²) in [7, 11) is 0. The molecule has 19 heavy (non-hydrogen) atoms. The first-order valence-electron chi connectivity index (χ1n) is 5.86. The molecule has 0 unspecified atom stereocenters. The maximum atomic E-state index is 13.9. The SMILES string of the molecule is CC(C)n1c(Sc2ccc(CN)cc2F)n[nH]c1=O. The Morgan fingerprint density at radius 3 is 2.84 bits per heavy atom. The number of benzene rings is 1. The van der Waals surface area contributed by atoms with Gasteiger partial charge in [0.2, 0.25) is 0 Å². The van der Waals surface area contributed by atoms with Crippen LogP contribution in [0.5, 0.6) is 0 Å². The van der Waals surface area contributed by atoms with E-state index in [9.17, 15) is 9.18 Å². The minimum Gasteiger partial charge on any atom is -0.326 e. The van der Waals surface area contributed by atoms with Gasteiger partial charge in [0.25, 0.3) is 0 Å². The molecule has 0 bridgehead atoms. The number of nitrogens with one attached hydrogen (secondary N) is 1. The summed E-state index contributed by atoms with van der Waals surface area (Å²) in [5.41, 5.74) is 5.88. The van der Waals surface area contributed by atoms with E-state index in [1.807, 2.05) is 13.8 Å². The average Bonchev–Trinajstić information content (AvgIpc) is 2.73. The zero-order valence-corrected chi connectivity index (χ0v) is 11.5. The Bertz CT molecular complexity index is 635. The molecule has 102 valence electrons. The highest BCUT2D eigenvalue weighted by Gasteiger charge is 2.14. The Morgan fingerprint density at radius 2 is 2.26 bits per heavy atom. The number of H-pyrrole nitrogens is 1. The summed E-state index contributed by atoms with van der Waals surface area (Å²) in [4.78, 5) is 12.0. The molecule has 0 saturated heterocycles. The van der Waals surface area contributed by atoms with Crippen LogP contribution in [0.25, 0.3) is 0 Å². The number of halogens is 1. The number of nitrogens with zero attached hydrogens (tertiary/aromatic N) is 2. The number of hydrogen-bond acceptors (Lipinski definition) is 4. The van der Waals surface area contributed by atoms with Crippen molar-refractivity contribution >= 4 is 11.8 Å². The number of hydrogen-bond donors (Lipinski definition) is 2. The van der Waals surface area contributed by atoms with Gasteiger partial charge in [0, 0.05) is 12.6 Å². The Labute approximate surface area is 114 Å². The molecule has 0 fully saturated rings. The lowest BCUT2D eigenvalue weighted by Crippen LogP contribution is -2.19. The van der Waals surface area contributed by atoms with Gasteiger partial charge in [-0.3, -0.25) is 4.57 Å². The van der Waals surface area contributed by atoms with Crippen LogP contribution in [0.1, 0.15) is 25.5 Å². The van der Waals surface area contributed by atoms with Crippen LogP contribution >= 0.6 is 11.8 Å². The molecule has 0 spiro atoms. The average molecular weight is 282 g/mol. The maximum absolute atomic E-state index is 13.9. The van der Waals surface area contributed by atoms with E-state index in [0.717, 1.165) is 17.3 Å².